The van der Waals surface area contributed by atoms with Crippen LogP contribution in [0, 0.1) is 24.0 Å². The Morgan fingerprint density at radius 2 is 1.87 bits per heavy atom. The van der Waals surface area contributed by atoms with Gasteiger partial charge < -0.3 is 5.32 Å². The number of hydrogen-bond acceptors (Lipinski definition) is 6. The van der Waals surface area contributed by atoms with E-state index in [4.69, 9.17) is 0 Å². The van der Waals surface area contributed by atoms with Gasteiger partial charge in [-0.1, -0.05) is 17.7 Å². The molecule has 0 saturated carbocycles. The van der Waals surface area contributed by atoms with Crippen molar-refractivity contribution in [3.63, 3.8) is 0 Å². The number of hydrogen-bond donors (Lipinski definition) is 1. The number of nitrogens with zero attached hydrogens (tertiary/aromatic N) is 6. The number of amides is 1. The summed E-state index contributed by atoms with van der Waals surface area (Å²) < 4.78 is 2.89. The van der Waals surface area contributed by atoms with Gasteiger partial charge in [0.2, 0.25) is 0 Å². The topological polar surface area (TPSA) is 121 Å². The van der Waals surface area contributed by atoms with Crippen molar-refractivity contribution >= 4 is 17.4 Å². The monoisotopic (exact) mass is 403 g/mol. The van der Waals surface area contributed by atoms with Gasteiger partial charge in [-0.25, -0.2) is 14.3 Å². The molecule has 0 fully saturated rings. The Hall–Kier alpha value is -4.34. The van der Waals surface area contributed by atoms with E-state index in [1.165, 1.54) is 35.5 Å². The molecule has 2 aromatic heterocycles. The van der Waals surface area contributed by atoms with Crippen molar-refractivity contribution in [2.75, 3.05) is 5.32 Å². The summed E-state index contributed by atoms with van der Waals surface area (Å²) in [6.07, 6.45) is 2.63. The number of carbonyl (C=O) groups excluding carboxylic acids is 1. The molecule has 0 bridgehead atoms. The lowest BCUT2D eigenvalue weighted by Crippen LogP contribution is -2.16. The highest BCUT2D eigenvalue weighted by atomic mass is 16.6. The van der Waals surface area contributed by atoms with Gasteiger partial charge in [0.15, 0.2) is 0 Å². The van der Waals surface area contributed by atoms with Crippen LogP contribution in [0.5, 0.6) is 0 Å². The average molecular weight is 403 g/mol. The molecule has 0 saturated heterocycles. The second kappa shape index (κ2) is 7.59. The minimum Gasteiger partial charge on any atom is -0.306 e. The van der Waals surface area contributed by atoms with Crippen LogP contribution in [-0.2, 0) is 0 Å². The highest BCUT2D eigenvalue weighted by Gasteiger charge is 2.20. The van der Waals surface area contributed by atoms with E-state index < -0.39 is 10.8 Å². The number of anilines is 1. The fraction of sp³-hybridized carbons (Fsp3) is 0.100. The van der Waals surface area contributed by atoms with Crippen molar-refractivity contribution in [2.24, 2.45) is 0 Å². The summed E-state index contributed by atoms with van der Waals surface area (Å²) >= 11 is 0. The van der Waals surface area contributed by atoms with Crippen LogP contribution in [0.4, 0.5) is 11.5 Å². The van der Waals surface area contributed by atoms with Crippen molar-refractivity contribution in [2.45, 2.75) is 13.8 Å². The predicted molar refractivity (Wildman–Crippen MR) is 109 cm³/mol. The molecule has 0 spiro atoms. The number of aromatic nitrogens is 5. The van der Waals surface area contributed by atoms with E-state index in [-0.39, 0.29) is 16.9 Å². The standard InChI is InChI=1S/C20H17N7O3/c1-13-3-6-16(7-4-13)26-19(9-14(2)24-26)23-20(28)15-5-8-17(18(10-15)27(29)30)25-12-21-11-22-25/h3-12H,1-2H3,(H,23,28). The minimum absolute atomic E-state index is 0.139. The molecule has 4 aromatic rings. The summed E-state index contributed by atoms with van der Waals surface area (Å²) in [5, 5.41) is 22.6. The third kappa shape index (κ3) is 3.65. The number of aryl methyl sites for hydroxylation is 2. The van der Waals surface area contributed by atoms with Gasteiger partial charge in [0.1, 0.15) is 24.2 Å². The normalized spacial score (nSPS) is 10.7. The molecule has 30 heavy (non-hydrogen) atoms. The number of nitrogens with one attached hydrogen (secondary N) is 1. The van der Waals surface area contributed by atoms with Crippen LogP contribution in [-0.4, -0.2) is 35.4 Å². The second-order valence-corrected chi connectivity index (χ2v) is 6.67. The van der Waals surface area contributed by atoms with Gasteiger partial charge in [-0.2, -0.15) is 10.2 Å². The van der Waals surface area contributed by atoms with Crippen molar-refractivity contribution in [3.05, 3.63) is 88.1 Å². The van der Waals surface area contributed by atoms with Gasteiger partial charge in [-0.05, 0) is 38.1 Å². The lowest BCUT2D eigenvalue weighted by molar-refractivity contribution is -0.384. The zero-order valence-corrected chi connectivity index (χ0v) is 16.2. The maximum atomic E-state index is 12.8. The fourth-order valence-electron chi connectivity index (χ4n) is 3.00. The van der Waals surface area contributed by atoms with Crippen LogP contribution in [0.25, 0.3) is 11.4 Å². The van der Waals surface area contributed by atoms with Crippen LogP contribution in [0.3, 0.4) is 0 Å². The summed E-state index contributed by atoms with van der Waals surface area (Å²) in [7, 11) is 0. The predicted octanol–water partition coefficient (Wildman–Crippen LogP) is 3.23. The Bertz CT molecular complexity index is 1230. The maximum Gasteiger partial charge on any atom is 0.295 e. The highest BCUT2D eigenvalue weighted by Crippen LogP contribution is 2.25. The Balaban J connectivity index is 1.66. The molecule has 0 aliphatic carbocycles. The molecular weight excluding hydrogens is 386 g/mol. The molecule has 0 unspecified atom stereocenters. The van der Waals surface area contributed by atoms with Gasteiger partial charge in [-0.3, -0.25) is 14.9 Å². The van der Waals surface area contributed by atoms with Crippen LogP contribution >= 0.6 is 0 Å². The van der Waals surface area contributed by atoms with Crippen molar-refractivity contribution in [3.8, 4) is 11.4 Å². The Labute approximate surface area is 170 Å². The molecule has 2 heterocycles. The van der Waals surface area contributed by atoms with E-state index in [0.29, 0.717) is 5.82 Å². The largest absolute Gasteiger partial charge is 0.306 e. The molecule has 0 aliphatic heterocycles. The lowest BCUT2D eigenvalue weighted by atomic mass is 10.1. The molecule has 0 atom stereocenters. The Kier molecular flexibility index (Phi) is 4.80. The zero-order valence-electron chi connectivity index (χ0n) is 16.2. The first-order chi connectivity index (χ1) is 14.4. The third-order valence-electron chi connectivity index (χ3n) is 4.45. The average Bonchev–Trinajstić information content (AvgIpc) is 3.38. The molecular formula is C20H17N7O3. The van der Waals surface area contributed by atoms with Gasteiger partial charge in [0.25, 0.3) is 11.6 Å². The van der Waals surface area contributed by atoms with Crippen LogP contribution in [0.15, 0.2) is 61.2 Å². The van der Waals surface area contributed by atoms with Gasteiger partial charge in [0, 0.05) is 17.7 Å². The summed E-state index contributed by atoms with van der Waals surface area (Å²) in [6.45, 7) is 3.80. The summed E-state index contributed by atoms with van der Waals surface area (Å²) in [4.78, 5) is 27.6. The summed E-state index contributed by atoms with van der Waals surface area (Å²) in [5.74, 6) is -0.0270. The van der Waals surface area contributed by atoms with Crippen LogP contribution in [0.2, 0.25) is 0 Å². The SMILES string of the molecule is Cc1ccc(-n2nc(C)cc2NC(=O)c2ccc(-n3cncn3)c([N+](=O)[O-])c2)cc1. The Morgan fingerprint density at radius 3 is 2.53 bits per heavy atom. The van der Waals surface area contributed by atoms with E-state index in [0.717, 1.165) is 16.9 Å². The summed E-state index contributed by atoms with van der Waals surface area (Å²) in [5.41, 5.74) is 2.72. The number of benzene rings is 2. The van der Waals surface area contributed by atoms with E-state index in [1.807, 2.05) is 38.1 Å². The number of nitro benzene ring substituents is 1. The highest BCUT2D eigenvalue weighted by molar-refractivity contribution is 6.04. The molecule has 10 nitrogen and oxygen atoms in total. The molecule has 1 N–H and O–H groups in total. The van der Waals surface area contributed by atoms with E-state index in [1.54, 1.807) is 10.7 Å². The minimum atomic E-state index is -0.561. The molecule has 150 valence electrons. The van der Waals surface area contributed by atoms with Crippen molar-refractivity contribution in [1.82, 2.24) is 24.5 Å². The number of nitro groups is 1. The quantitative estimate of drug-likeness (QED) is 0.403. The Morgan fingerprint density at radius 1 is 1.10 bits per heavy atom. The van der Waals surface area contributed by atoms with Crippen molar-refractivity contribution < 1.29 is 9.72 Å². The fourth-order valence-corrected chi connectivity index (χ4v) is 3.00. The van der Waals surface area contributed by atoms with Gasteiger partial charge in [-0.15, -0.1) is 0 Å². The number of rotatable bonds is 5. The van der Waals surface area contributed by atoms with Crippen LogP contribution < -0.4 is 5.32 Å². The third-order valence-corrected chi connectivity index (χ3v) is 4.45. The van der Waals surface area contributed by atoms with Gasteiger partial charge >= 0.3 is 0 Å². The summed E-state index contributed by atoms with van der Waals surface area (Å²) in [6, 6.07) is 13.6. The smallest absolute Gasteiger partial charge is 0.295 e. The first-order valence-electron chi connectivity index (χ1n) is 9.01. The number of carbonyl (C=O) groups is 1. The molecule has 1 amide bonds. The van der Waals surface area contributed by atoms with E-state index in [9.17, 15) is 14.9 Å². The maximum absolute atomic E-state index is 12.8. The van der Waals surface area contributed by atoms with Crippen LogP contribution in [0.1, 0.15) is 21.6 Å². The van der Waals surface area contributed by atoms with E-state index >= 15 is 0 Å². The van der Waals surface area contributed by atoms with Gasteiger partial charge in [0.05, 0.1) is 16.3 Å². The molecule has 0 aliphatic rings. The molecule has 0 radical (unpaired) electrons. The zero-order chi connectivity index (χ0) is 21.3. The second-order valence-electron chi connectivity index (χ2n) is 6.67. The first-order valence-corrected chi connectivity index (χ1v) is 9.01. The van der Waals surface area contributed by atoms with E-state index in [2.05, 4.69) is 20.5 Å². The molecule has 2 aromatic carbocycles. The lowest BCUT2D eigenvalue weighted by Gasteiger charge is -2.10. The molecule has 10 heteroatoms. The first kappa shape index (κ1) is 19.0. The molecule has 4 rings (SSSR count). The van der Waals surface area contributed by atoms with Crippen molar-refractivity contribution in [1.29, 1.82) is 0 Å².